The number of hydrogen-bond donors (Lipinski definition) is 1. The van der Waals surface area contributed by atoms with Crippen molar-refractivity contribution in [2.24, 2.45) is 0 Å². The molecule has 1 N–H and O–H groups in total. The van der Waals surface area contributed by atoms with Gasteiger partial charge in [0.25, 0.3) is 5.91 Å². The van der Waals surface area contributed by atoms with Crippen molar-refractivity contribution in [1.29, 1.82) is 0 Å². The Labute approximate surface area is 162 Å². The van der Waals surface area contributed by atoms with Crippen molar-refractivity contribution >= 4 is 27.7 Å². The molecule has 1 aliphatic heterocycles. The molecule has 2 amide bonds. The number of nitrogens with zero attached hydrogens (tertiary/aromatic N) is 1. The molecule has 0 aromatic heterocycles. The van der Waals surface area contributed by atoms with E-state index in [2.05, 4.69) is 27.3 Å². The van der Waals surface area contributed by atoms with E-state index >= 15 is 0 Å². The first-order chi connectivity index (χ1) is 12.6. The molecule has 1 aliphatic rings. The molecule has 0 radical (unpaired) electrons. The highest BCUT2D eigenvalue weighted by Gasteiger charge is 2.23. The van der Waals surface area contributed by atoms with E-state index in [-0.39, 0.29) is 17.9 Å². The molecule has 5 heteroatoms. The van der Waals surface area contributed by atoms with Crippen molar-refractivity contribution in [2.45, 2.75) is 31.7 Å². The maximum atomic E-state index is 12.4. The monoisotopic (exact) mass is 414 g/mol. The first kappa shape index (κ1) is 18.6. The molecule has 136 valence electrons. The second kappa shape index (κ2) is 8.99. The largest absolute Gasteiger partial charge is 0.349 e. The van der Waals surface area contributed by atoms with Crippen molar-refractivity contribution in [1.82, 2.24) is 10.2 Å². The molecule has 26 heavy (non-hydrogen) atoms. The summed E-state index contributed by atoms with van der Waals surface area (Å²) in [5.74, 6) is 0.155. The number of likely N-dealkylation sites (tertiary alicyclic amines) is 1. The van der Waals surface area contributed by atoms with Gasteiger partial charge in [-0.1, -0.05) is 46.3 Å². The van der Waals surface area contributed by atoms with Crippen LogP contribution >= 0.6 is 15.9 Å². The molecule has 2 aromatic rings. The van der Waals surface area contributed by atoms with Crippen LogP contribution < -0.4 is 5.32 Å². The van der Waals surface area contributed by atoms with E-state index in [1.54, 1.807) is 0 Å². The number of rotatable bonds is 5. The lowest BCUT2D eigenvalue weighted by Gasteiger charge is -2.32. The van der Waals surface area contributed by atoms with Crippen molar-refractivity contribution in [3.05, 3.63) is 70.2 Å². The Hall–Kier alpha value is -2.14. The third-order valence-corrected chi connectivity index (χ3v) is 5.23. The number of carbonyl (C=O) groups excluding carboxylic acids is 2. The normalized spacial score (nSPS) is 14.9. The van der Waals surface area contributed by atoms with Crippen LogP contribution in [0.2, 0.25) is 0 Å². The lowest BCUT2D eigenvalue weighted by molar-refractivity contribution is -0.132. The number of carbonyl (C=O) groups is 2. The molecular weight excluding hydrogens is 392 g/mol. The molecule has 0 spiro atoms. The fraction of sp³-hybridized carbons (Fsp3) is 0.333. The summed E-state index contributed by atoms with van der Waals surface area (Å²) in [7, 11) is 0. The smallest absolute Gasteiger partial charge is 0.251 e. The Morgan fingerprint density at radius 1 is 1.04 bits per heavy atom. The molecule has 1 saturated heterocycles. The van der Waals surface area contributed by atoms with Gasteiger partial charge in [-0.05, 0) is 49.1 Å². The summed E-state index contributed by atoms with van der Waals surface area (Å²) in [6.45, 7) is 1.41. The molecule has 3 rings (SSSR count). The Kier molecular flexibility index (Phi) is 6.45. The van der Waals surface area contributed by atoms with Crippen LogP contribution in [0.15, 0.2) is 59.1 Å². The fourth-order valence-corrected chi connectivity index (χ4v) is 3.68. The number of nitrogens with one attached hydrogen (secondary N) is 1. The van der Waals surface area contributed by atoms with Crippen LogP contribution in [0.25, 0.3) is 0 Å². The van der Waals surface area contributed by atoms with E-state index in [0.717, 1.165) is 29.3 Å². The highest BCUT2D eigenvalue weighted by molar-refractivity contribution is 9.10. The quantitative estimate of drug-likeness (QED) is 0.808. The molecule has 0 atom stereocenters. The SMILES string of the molecule is O=C(NC1CCN(C(=O)CCc2cccc(Br)c2)CC1)c1ccccc1. The summed E-state index contributed by atoms with van der Waals surface area (Å²) >= 11 is 3.46. The summed E-state index contributed by atoms with van der Waals surface area (Å²) < 4.78 is 1.04. The lowest BCUT2D eigenvalue weighted by Crippen LogP contribution is -2.46. The van der Waals surface area contributed by atoms with Crippen LogP contribution in [-0.2, 0) is 11.2 Å². The number of amides is 2. The molecule has 1 fully saturated rings. The minimum Gasteiger partial charge on any atom is -0.349 e. The van der Waals surface area contributed by atoms with E-state index in [1.807, 2.05) is 53.4 Å². The van der Waals surface area contributed by atoms with Crippen molar-refractivity contribution in [3.63, 3.8) is 0 Å². The fourth-order valence-electron chi connectivity index (χ4n) is 3.23. The Balaban J connectivity index is 1.43. The minimum atomic E-state index is -0.0370. The van der Waals surface area contributed by atoms with Crippen molar-refractivity contribution in [2.75, 3.05) is 13.1 Å². The zero-order valence-corrected chi connectivity index (χ0v) is 16.2. The van der Waals surface area contributed by atoms with Gasteiger partial charge in [0.2, 0.25) is 5.91 Å². The average Bonchev–Trinajstić information content (AvgIpc) is 2.67. The number of benzene rings is 2. The maximum Gasteiger partial charge on any atom is 0.251 e. The van der Waals surface area contributed by atoms with E-state index < -0.39 is 0 Å². The summed E-state index contributed by atoms with van der Waals surface area (Å²) in [6, 6.07) is 17.5. The van der Waals surface area contributed by atoms with Crippen LogP contribution in [0.5, 0.6) is 0 Å². The summed E-state index contributed by atoms with van der Waals surface area (Å²) in [6.07, 6.45) is 2.89. The Bertz CT molecular complexity index is 756. The van der Waals surface area contributed by atoms with Gasteiger partial charge in [-0.3, -0.25) is 9.59 Å². The third-order valence-electron chi connectivity index (χ3n) is 4.74. The van der Waals surface area contributed by atoms with Crippen LogP contribution in [0.4, 0.5) is 0 Å². The van der Waals surface area contributed by atoms with Gasteiger partial charge in [0.05, 0.1) is 0 Å². The first-order valence-corrected chi connectivity index (χ1v) is 9.79. The van der Waals surface area contributed by atoms with E-state index in [1.165, 1.54) is 0 Å². The minimum absolute atomic E-state index is 0.0370. The molecule has 0 unspecified atom stereocenters. The summed E-state index contributed by atoms with van der Waals surface area (Å²) in [5.41, 5.74) is 1.85. The molecular formula is C21H23BrN2O2. The van der Waals surface area contributed by atoms with E-state index in [9.17, 15) is 9.59 Å². The number of piperidine rings is 1. The van der Waals surface area contributed by atoms with Crippen LogP contribution in [0, 0.1) is 0 Å². The van der Waals surface area contributed by atoms with E-state index in [4.69, 9.17) is 0 Å². The maximum absolute atomic E-state index is 12.4. The summed E-state index contributed by atoms with van der Waals surface area (Å²) in [5, 5.41) is 3.08. The second-order valence-corrected chi connectivity index (χ2v) is 7.54. The van der Waals surface area contributed by atoms with Crippen LogP contribution in [0.3, 0.4) is 0 Å². The summed E-state index contributed by atoms with van der Waals surface area (Å²) in [4.78, 5) is 26.6. The lowest BCUT2D eigenvalue weighted by atomic mass is 10.0. The number of aryl methyl sites for hydroxylation is 1. The molecule has 1 heterocycles. The molecule has 0 aliphatic carbocycles. The van der Waals surface area contributed by atoms with Crippen molar-refractivity contribution in [3.8, 4) is 0 Å². The topological polar surface area (TPSA) is 49.4 Å². The highest BCUT2D eigenvalue weighted by atomic mass is 79.9. The van der Waals surface area contributed by atoms with E-state index in [0.29, 0.717) is 25.1 Å². The Morgan fingerprint density at radius 3 is 2.46 bits per heavy atom. The van der Waals surface area contributed by atoms with Gasteiger partial charge in [0, 0.05) is 35.6 Å². The Morgan fingerprint density at radius 2 is 1.77 bits per heavy atom. The van der Waals surface area contributed by atoms with Gasteiger partial charge < -0.3 is 10.2 Å². The van der Waals surface area contributed by atoms with Gasteiger partial charge in [-0.15, -0.1) is 0 Å². The zero-order valence-electron chi connectivity index (χ0n) is 14.7. The zero-order chi connectivity index (χ0) is 18.4. The molecule has 0 saturated carbocycles. The first-order valence-electron chi connectivity index (χ1n) is 9.00. The van der Waals surface area contributed by atoms with Gasteiger partial charge in [-0.25, -0.2) is 0 Å². The van der Waals surface area contributed by atoms with Crippen LogP contribution in [-0.4, -0.2) is 35.8 Å². The molecule has 0 bridgehead atoms. The molecule has 4 nitrogen and oxygen atoms in total. The van der Waals surface area contributed by atoms with Crippen LogP contribution in [0.1, 0.15) is 35.2 Å². The predicted octanol–water partition coefficient (Wildman–Crippen LogP) is 3.80. The predicted molar refractivity (Wildman–Crippen MR) is 106 cm³/mol. The standard InChI is InChI=1S/C21H23BrN2O2/c22-18-8-4-5-16(15-18)9-10-20(25)24-13-11-19(12-14-24)23-21(26)17-6-2-1-3-7-17/h1-8,15,19H,9-14H2,(H,23,26). The van der Waals surface area contributed by atoms with Gasteiger partial charge in [0.1, 0.15) is 0 Å². The van der Waals surface area contributed by atoms with Gasteiger partial charge >= 0.3 is 0 Å². The van der Waals surface area contributed by atoms with Gasteiger partial charge in [-0.2, -0.15) is 0 Å². The second-order valence-electron chi connectivity index (χ2n) is 6.62. The van der Waals surface area contributed by atoms with Crippen molar-refractivity contribution < 1.29 is 9.59 Å². The number of hydrogen-bond acceptors (Lipinski definition) is 2. The average molecular weight is 415 g/mol. The van der Waals surface area contributed by atoms with Gasteiger partial charge in [0.15, 0.2) is 0 Å². The highest BCUT2D eigenvalue weighted by Crippen LogP contribution is 2.16. The number of halogens is 1. The molecule has 2 aromatic carbocycles. The third kappa shape index (κ3) is 5.18.